The molecule has 5 nitrogen and oxygen atoms in total. The molecule has 2 aliphatic carbocycles. The Kier molecular flexibility index (Phi) is 4.75. The van der Waals surface area contributed by atoms with Crippen molar-refractivity contribution in [3.05, 3.63) is 34.9 Å². The molecule has 4 fully saturated rings. The number of hydrogen-bond donors (Lipinski definition) is 0. The second-order valence-electron chi connectivity index (χ2n) is 8.54. The lowest BCUT2D eigenvalue weighted by molar-refractivity contribution is -0.117. The van der Waals surface area contributed by atoms with Gasteiger partial charge in [-0.1, -0.05) is 41.9 Å². The normalized spacial score (nSPS) is 37.0. The van der Waals surface area contributed by atoms with Crippen LogP contribution in [0.3, 0.4) is 0 Å². The van der Waals surface area contributed by atoms with E-state index in [0.29, 0.717) is 17.0 Å². The van der Waals surface area contributed by atoms with Crippen LogP contribution in [-0.4, -0.2) is 53.2 Å². The Bertz CT molecular complexity index is 931. The van der Waals surface area contributed by atoms with Crippen molar-refractivity contribution in [2.45, 2.75) is 49.4 Å². The summed E-state index contributed by atoms with van der Waals surface area (Å²) in [5, 5.41) is 1.40. The first-order valence-electron chi connectivity index (χ1n) is 9.89. The molecule has 0 radical (unpaired) electrons. The second kappa shape index (κ2) is 7.03. The van der Waals surface area contributed by atoms with E-state index in [-0.39, 0.29) is 35.1 Å². The van der Waals surface area contributed by atoms with Gasteiger partial charge >= 0.3 is 0 Å². The SMILES string of the molecule is O=C(Cc1ccc(Cl)cc1)N=C1S[C@H]2CS(=O)(=O)C[C@@H]2N1[C@@H]1C[C@@H]2CC[C@@H]1C2. The average molecular weight is 439 g/mol. The van der Waals surface area contributed by atoms with E-state index >= 15 is 0 Å². The molecule has 2 bridgehead atoms. The quantitative estimate of drug-likeness (QED) is 0.725. The first kappa shape index (κ1) is 18.9. The zero-order valence-electron chi connectivity index (χ0n) is 15.5. The maximum absolute atomic E-state index is 12.6. The Balaban J connectivity index is 1.40. The summed E-state index contributed by atoms with van der Waals surface area (Å²) in [5.41, 5.74) is 0.885. The molecule has 150 valence electrons. The van der Waals surface area contributed by atoms with Crippen LogP contribution in [0.4, 0.5) is 0 Å². The summed E-state index contributed by atoms with van der Waals surface area (Å²) in [7, 11) is -3.00. The summed E-state index contributed by atoms with van der Waals surface area (Å²) in [6, 6.07) is 7.56. The number of fused-ring (bicyclic) bond motifs is 3. The molecule has 1 aromatic rings. The lowest BCUT2D eigenvalue weighted by atomic mass is 9.93. The van der Waals surface area contributed by atoms with Crippen LogP contribution < -0.4 is 0 Å². The van der Waals surface area contributed by atoms with Crippen molar-refractivity contribution in [2.24, 2.45) is 16.8 Å². The first-order chi connectivity index (χ1) is 13.4. The molecule has 8 heteroatoms. The molecule has 28 heavy (non-hydrogen) atoms. The van der Waals surface area contributed by atoms with Gasteiger partial charge in [-0.3, -0.25) is 4.79 Å². The maximum atomic E-state index is 12.6. The molecular weight excluding hydrogens is 416 g/mol. The molecule has 4 aliphatic rings. The number of amidine groups is 1. The Hall–Kier alpha value is -1.05. The number of carbonyl (C=O) groups excluding carboxylic acids is 1. The topological polar surface area (TPSA) is 66.8 Å². The molecule has 2 heterocycles. The van der Waals surface area contributed by atoms with Gasteiger partial charge in [-0.15, -0.1) is 0 Å². The van der Waals surface area contributed by atoms with Gasteiger partial charge in [0.05, 0.1) is 24.0 Å². The highest BCUT2D eigenvalue weighted by molar-refractivity contribution is 8.15. The third kappa shape index (κ3) is 3.50. The van der Waals surface area contributed by atoms with Crippen molar-refractivity contribution < 1.29 is 13.2 Å². The molecule has 5 atom stereocenters. The van der Waals surface area contributed by atoms with Crippen molar-refractivity contribution in [1.29, 1.82) is 0 Å². The number of amides is 1. The van der Waals surface area contributed by atoms with Gasteiger partial charge in [-0.05, 0) is 48.8 Å². The standard InChI is InChI=1S/C20H23ClN2O3S2/c21-15-5-2-12(3-6-15)9-19(24)22-20-23(16-8-13-1-4-14(16)7-13)17-10-28(25,26)11-18(17)27-20/h2-3,5-6,13-14,16-18H,1,4,7-11H2/t13-,14-,16-,17+,18+/m1/s1. The lowest BCUT2D eigenvalue weighted by Gasteiger charge is -2.36. The van der Waals surface area contributed by atoms with Crippen LogP contribution in [0.2, 0.25) is 5.02 Å². The molecule has 1 amide bonds. The van der Waals surface area contributed by atoms with Crippen LogP contribution >= 0.6 is 23.4 Å². The van der Waals surface area contributed by atoms with Gasteiger partial charge in [0.1, 0.15) is 0 Å². The van der Waals surface area contributed by atoms with Crippen LogP contribution in [0.5, 0.6) is 0 Å². The van der Waals surface area contributed by atoms with Gasteiger partial charge in [0.15, 0.2) is 15.0 Å². The van der Waals surface area contributed by atoms with Crippen LogP contribution in [0.15, 0.2) is 29.3 Å². The Morgan fingerprint density at radius 2 is 1.93 bits per heavy atom. The number of rotatable bonds is 3. The Morgan fingerprint density at radius 1 is 1.14 bits per heavy atom. The number of thioether (sulfide) groups is 1. The van der Waals surface area contributed by atoms with E-state index in [1.165, 1.54) is 31.0 Å². The van der Waals surface area contributed by atoms with Gasteiger partial charge < -0.3 is 4.90 Å². The van der Waals surface area contributed by atoms with Crippen LogP contribution in [-0.2, 0) is 21.1 Å². The smallest absolute Gasteiger partial charge is 0.252 e. The van der Waals surface area contributed by atoms with E-state index in [4.69, 9.17) is 11.6 Å². The number of aliphatic imine (C=N–C) groups is 1. The zero-order chi connectivity index (χ0) is 19.5. The fraction of sp³-hybridized carbons (Fsp3) is 0.600. The highest BCUT2D eigenvalue weighted by Crippen LogP contribution is 2.51. The van der Waals surface area contributed by atoms with Crippen molar-refractivity contribution in [3.63, 3.8) is 0 Å². The third-order valence-electron chi connectivity index (χ3n) is 6.65. The van der Waals surface area contributed by atoms with Crippen molar-refractivity contribution in [1.82, 2.24) is 4.90 Å². The predicted molar refractivity (Wildman–Crippen MR) is 112 cm³/mol. The summed E-state index contributed by atoms with van der Waals surface area (Å²) in [4.78, 5) is 19.4. The van der Waals surface area contributed by atoms with Crippen molar-refractivity contribution in [2.75, 3.05) is 11.5 Å². The minimum absolute atomic E-state index is 0.00575. The summed E-state index contributed by atoms with van der Waals surface area (Å²) >= 11 is 7.42. The monoisotopic (exact) mass is 438 g/mol. The first-order valence-corrected chi connectivity index (χ1v) is 13.0. The van der Waals surface area contributed by atoms with E-state index in [1.54, 1.807) is 12.1 Å². The van der Waals surface area contributed by atoms with Crippen molar-refractivity contribution >= 4 is 44.3 Å². The predicted octanol–water partition coefficient (Wildman–Crippen LogP) is 3.17. The second-order valence-corrected chi connectivity index (χ2v) is 12.3. The molecule has 0 unspecified atom stereocenters. The zero-order valence-corrected chi connectivity index (χ0v) is 17.8. The van der Waals surface area contributed by atoms with Crippen LogP contribution in [0, 0.1) is 11.8 Å². The Morgan fingerprint density at radius 3 is 2.61 bits per heavy atom. The van der Waals surface area contributed by atoms with E-state index in [2.05, 4.69) is 9.89 Å². The third-order valence-corrected chi connectivity index (χ3v) is 10.1. The largest absolute Gasteiger partial charge is 0.343 e. The lowest BCUT2D eigenvalue weighted by Crippen LogP contribution is -2.47. The van der Waals surface area contributed by atoms with Gasteiger partial charge in [0.2, 0.25) is 0 Å². The summed E-state index contributed by atoms with van der Waals surface area (Å²) < 4.78 is 24.4. The van der Waals surface area contributed by atoms with E-state index in [9.17, 15) is 13.2 Å². The summed E-state index contributed by atoms with van der Waals surface area (Å²) in [5.74, 6) is 1.58. The molecule has 1 aromatic carbocycles. The summed E-state index contributed by atoms with van der Waals surface area (Å²) in [6.07, 6.45) is 5.09. The summed E-state index contributed by atoms with van der Waals surface area (Å²) in [6.45, 7) is 0. The van der Waals surface area contributed by atoms with Gasteiger partial charge in [0.25, 0.3) is 5.91 Å². The molecule has 2 saturated carbocycles. The molecule has 0 N–H and O–H groups in total. The minimum atomic E-state index is -3.00. The van der Waals surface area contributed by atoms with Gasteiger partial charge in [-0.2, -0.15) is 4.99 Å². The van der Waals surface area contributed by atoms with E-state index in [0.717, 1.165) is 23.1 Å². The number of halogens is 1. The minimum Gasteiger partial charge on any atom is -0.343 e. The molecule has 0 aromatic heterocycles. The number of hydrogen-bond acceptors (Lipinski definition) is 4. The average Bonchev–Trinajstić information content (AvgIpc) is 3.36. The van der Waals surface area contributed by atoms with Crippen LogP contribution in [0.25, 0.3) is 0 Å². The highest BCUT2D eigenvalue weighted by Gasteiger charge is 2.54. The highest BCUT2D eigenvalue weighted by atomic mass is 35.5. The van der Waals surface area contributed by atoms with E-state index < -0.39 is 9.84 Å². The molecular formula is C20H23ClN2O3S2. The van der Waals surface area contributed by atoms with E-state index in [1.807, 2.05) is 12.1 Å². The molecule has 5 rings (SSSR count). The fourth-order valence-corrected chi connectivity index (χ4v) is 9.57. The molecule has 2 saturated heterocycles. The number of carbonyl (C=O) groups is 1. The fourth-order valence-electron chi connectivity index (χ4n) is 5.45. The van der Waals surface area contributed by atoms with Crippen molar-refractivity contribution in [3.8, 4) is 0 Å². The Labute approximate surface area is 174 Å². The number of sulfone groups is 1. The number of benzene rings is 1. The molecule has 2 aliphatic heterocycles. The molecule has 0 spiro atoms. The maximum Gasteiger partial charge on any atom is 0.252 e. The van der Waals surface area contributed by atoms with Crippen LogP contribution in [0.1, 0.15) is 31.2 Å². The van der Waals surface area contributed by atoms with Gasteiger partial charge in [0, 0.05) is 16.3 Å². The van der Waals surface area contributed by atoms with Gasteiger partial charge in [-0.25, -0.2) is 8.42 Å². The number of nitrogens with zero attached hydrogens (tertiary/aromatic N) is 2.